The van der Waals surface area contributed by atoms with Gasteiger partial charge in [-0.1, -0.05) is 0 Å². The van der Waals surface area contributed by atoms with Gasteiger partial charge < -0.3 is 35.6 Å². The third-order valence-corrected chi connectivity index (χ3v) is 3.10. The smallest absolute Gasteiger partial charge is 0.376 e. The third kappa shape index (κ3) is 3.76. The quantitative estimate of drug-likeness (QED) is 0.215. The van der Waals surface area contributed by atoms with Crippen LogP contribution in [-0.2, 0) is 23.9 Å². The van der Waals surface area contributed by atoms with E-state index in [1.165, 1.54) is 0 Å². The maximum atomic E-state index is 11.9. The summed E-state index contributed by atoms with van der Waals surface area (Å²) >= 11 is 0. The van der Waals surface area contributed by atoms with Gasteiger partial charge in [-0.15, -0.1) is 0 Å². The molecule has 0 aromatic heterocycles. The molecule has 126 valence electrons. The number of rotatable bonds is 4. The summed E-state index contributed by atoms with van der Waals surface area (Å²) in [6.45, 7) is -0.971. The van der Waals surface area contributed by atoms with Crippen molar-refractivity contribution in [2.45, 2.75) is 42.9 Å². The minimum Gasteiger partial charge on any atom is -0.429 e. The number of cyclic esters (lactones) is 3. The first-order valence-corrected chi connectivity index (χ1v) is 6.31. The molecule has 22 heavy (non-hydrogen) atoms. The summed E-state index contributed by atoms with van der Waals surface area (Å²) in [4.78, 5) is 35.0. The van der Waals surface area contributed by atoms with Gasteiger partial charge >= 0.3 is 17.9 Å². The van der Waals surface area contributed by atoms with Crippen molar-refractivity contribution in [1.29, 1.82) is 0 Å². The monoisotopic (exact) mass is 322 g/mol. The maximum absolute atomic E-state index is 11.9. The maximum Gasteiger partial charge on any atom is 0.376 e. The van der Waals surface area contributed by atoms with Gasteiger partial charge in [0.15, 0.2) is 0 Å². The summed E-state index contributed by atoms with van der Waals surface area (Å²) in [7, 11) is 0. The average Bonchev–Trinajstić information content (AvgIpc) is 2.51. The standard InChI is InChI=1S/C11H18N2O9/c12-4-1-2-6(16)22-11(13,10(20)21-9(4)19)8(18)7(17)5(15)3-14/h4-5,7-8,14-15,17-18H,1-3,12-13H2/t4-,5?,7-,8+,11+/m1/s1. The Morgan fingerprint density at radius 2 is 1.86 bits per heavy atom. The van der Waals surface area contributed by atoms with E-state index >= 15 is 0 Å². The molecule has 0 aromatic rings. The molecule has 1 rings (SSSR count). The Bertz CT molecular complexity index is 457. The molecule has 11 nitrogen and oxygen atoms in total. The van der Waals surface area contributed by atoms with Crippen LogP contribution in [0.1, 0.15) is 12.8 Å². The fraction of sp³-hybridized carbons (Fsp3) is 0.727. The highest BCUT2D eigenvalue weighted by molar-refractivity contribution is 5.94. The van der Waals surface area contributed by atoms with E-state index in [0.717, 1.165) is 0 Å². The summed E-state index contributed by atoms with van der Waals surface area (Å²) in [6, 6.07) is -1.27. The van der Waals surface area contributed by atoms with Crippen molar-refractivity contribution >= 4 is 17.9 Å². The number of esters is 3. The van der Waals surface area contributed by atoms with Crippen LogP contribution in [0.15, 0.2) is 0 Å². The van der Waals surface area contributed by atoms with Gasteiger partial charge in [-0.3, -0.25) is 10.5 Å². The Kier molecular flexibility index (Phi) is 5.93. The molecule has 0 radical (unpaired) electrons. The van der Waals surface area contributed by atoms with Crippen molar-refractivity contribution in [1.82, 2.24) is 0 Å². The first-order valence-electron chi connectivity index (χ1n) is 6.31. The lowest BCUT2D eigenvalue weighted by molar-refractivity contribution is -0.210. The lowest BCUT2D eigenvalue weighted by Gasteiger charge is -2.34. The van der Waals surface area contributed by atoms with Crippen LogP contribution < -0.4 is 11.5 Å². The van der Waals surface area contributed by atoms with Crippen molar-refractivity contribution in [2.75, 3.05) is 6.61 Å². The van der Waals surface area contributed by atoms with Crippen LogP contribution in [0, 0.1) is 0 Å². The molecule has 11 heteroatoms. The van der Waals surface area contributed by atoms with E-state index in [2.05, 4.69) is 9.47 Å². The molecule has 1 fully saturated rings. The van der Waals surface area contributed by atoms with Gasteiger partial charge in [-0.25, -0.2) is 9.59 Å². The number of nitrogens with two attached hydrogens (primary N) is 2. The molecule has 1 heterocycles. The first-order chi connectivity index (χ1) is 10.1. The normalized spacial score (nSPS) is 31.2. The molecular formula is C11H18N2O9. The molecular weight excluding hydrogens is 304 g/mol. The first kappa shape index (κ1) is 18.4. The summed E-state index contributed by atoms with van der Waals surface area (Å²) in [5.41, 5.74) is 7.89. The van der Waals surface area contributed by atoms with E-state index in [1.807, 2.05) is 0 Å². The molecule has 0 saturated carbocycles. The number of ether oxygens (including phenoxy) is 2. The van der Waals surface area contributed by atoms with Crippen LogP contribution in [0.5, 0.6) is 0 Å². The fourth-order valence-electron chi connectivity index (χ4n) is 1.67. The minimum absolute atomic E-state index is 0.182. The van der Waals surface area contributed by atoms with Gasteiger partial charge in [0.25, 0.3) is 5.72 Å². The number of hydrogen-bond donors (Lipinski definition) is 6. The van der Waals surface area contributed by atoms with E-state index in [0.29, 0.717) is 0 Å². The SMILES string of the molecule is N[C@@H]1CCC(=O)O[C@@](N)([C@@H](O)[C@H](O)C(O)CO)C(=O)OC1=O. The summed E-state index contributed by atoms with van der Waals surface area (Å²) in [6.07, 6.45) is -6.98. The highest BCUT2D eigenvalue weighted by Gasteiger charge is 2.53. The number of carbonyl (C=O) groups excluding carboxylic acids is 3. The lowest BCUT2D eigenvalue weighted by Crippen LogP contribution is -2.66. The molecule has 1 saturated heterocycles. The lowest BCUT2D eigenvalue weighted by atomic mass is 9.98. The summed E-state index contributed by atoms with van der Waals surface area (Å²) < 4.78 is 8.91. The van der Waals surface area contributed by atoms with Gasteiger partial charge in [0.05, 0.1) is 6.61 Å². The Hall–Kier alpha value is -1.63. The van der Waals surface area contributed by atoms with Crippen LogP contribution in [-0.4, -0.2) is 75.0 Å². The molecule has 0 bridgehead atoms. The number of carbonyl (C=O) groups is 3. The van der Waals surface area contributed by atoms with E-state index in [9.17, 15) is 29.7 Å². The molecule has 8 N–H and O–H groups in total. The average molecular weight is 322 g/mol. The Balaban J connectivity index is 3.11. The van der Waals surface area contributed by atoms with Crippen molar-refractivity contribution in [3.8, 4) is 0 Å². The molecule has 0 aromatic carbocycles. The van der Waals surface area contributed by atoms with Crippen molar-refractivity contribution in [3.63, 3.8) is 0 Å². The molecule has 0 amide bonds. The van der Waals surface area contributed by atoms with Crippen molar-refractivity contribution < 1.29 is 44.3 Å². The van der Waals surface area contributed by atoms with Gasteiger partial charge in [0.1, 0.15) is 24.4 Å². The van der Waals surface area contributed by atoms with E-state index in [1.54, 1.807) is 0 Å². The van der Waals surface area contributed by atoms with Crippen LogP contribution in [0.25, 0.3) is 0 Å². The second-order valence-corrected chi connectivity index (χ2v) is 4.81. The van der Waals surface area contributed by atoms with Crippen LogP contribution in [0.4, 0.5) is 0 Å². The zero-order valence-electron chi connectivity index (χ0n) is 11.4. The largest absolute Gasteiger partial charge is 0.429 e. The Morgan fingerprint density at radius 1 is 1.27 bits per heavy atom. The number of aliphatic hydroxyl groups excluding tert-OH is 4. The van der Waals surface area contributed by atoms with Crippen molar-refractivity contribution in [2.24, 2.45) is 11.5 Å². The minimum atomic E-state index is -2.95. The Morgan fingerprint density at radius 3 is 2.41 bits per heavy atom. The van der Waals surface area contributed by atoms with E-state index in [4.69, 9.17) is 16.6 Å². The van der Waals surface area contributed by atoms with Gasteiger partial charge in [-0.2, -0.15) is 0 Å². The van der Waals surface area contributed by atoms with Gasteiger partial charge in [0, 0.05) is 6.42 Å². The zero-order chi connectivity index (χ0) is 17.1. The van der Waals surface area contributed by atoms with Gasteiger partial charge in [0.2, 0.25) is 0 Å². The van der Waals surface area contributed by atoms with E-state index < -0.39 is 61.0 Å². The Labute approximate surface area is 124 Å². The predicted molar refractivity (Wildman–Crippen MR) is 66.4 cm³/mol. The zero-order valence-corrected chi connectivity index (χ0v) is 11.4. The second-order valence-electron chi connectivity index (χ2n) is 4.81. The highest BCUT2D eigenvalue weighted by atomic mass is 16.6. The second kappa shape index (κ2) is 7.09. The molecule has 1 aliphatic rings. The fourth-order valence-corrected chi connectivity index (χ4v) is 1.67. The molecule has 5 atom stereocenters. The van der Waals surface area contributed by atoms with Crippen LogP contribution in [0.2, 0.25) is 0 Å². The molecule has 0 spiro atoms. The predicted octanol–water partition coefficient (Wildman–Crippen LogP) is -4.55. The topological polar surface area (TPSA) is 203 Å². The summed E-state index contributed by atoms with van der Waals surface area (Å²) in [5, 5.41) is 37.5. The van der Waals surface area contributed by atoms with Gasteiger partial charge in [-0.05, 0) is 6.42 Å². The molecule has 1 unspecified atom stereocenters. The van der Waals surface area contributed by atoms with Crippen molar-refractivity contribution in [3.05, 3.63) is 0 Å². The van der Waals surface area contributed by atoms with Crippen LogP contribution in [0.3, 0.4) is 0 Å². The number of hydrogen-bond acceptors (Lipinski definition) is 11. The molecule has 1 aliphatic heterocycles. The van der Waals surface area contributed by atoms with Crippen LogP contribution >= 0.6 is 0 Å². The highest BCUT2D eigenvalue weighted by Crippen LogP contribution is 2.21. The molecule has 0 aliphatic carbocycles. The number of aliphatic hydroxyl groups is 4. The third-order valence-electron chi connectivity index (χ3n) is 3.10. The summed E-state index contributed by atoms with van der Waals surface area (Å²) in [5.74, 6) is -3.93. The van der Waals surface area contributed by atoms with E-state index in [-0.39, 0.29) is 6.42 Å².